The Morgan fingerprint density at radius 1 is 1.44 bits per heavy atom. The van der Waals surface area contributed by atoms with Gasteiger partial charge in [-0.3, -0.25) is 0 Å². The summed E-state index contributed by atoms with van der Waals surface area (Å²) in [6, 6.07) is 5.39. The number of ether oxygens (including phenoxy) is 2. The topological polar surface area (TPSA) is 70.5 Å². The number of nitrogens with two attached hydrogens (primary N) is 1. The largest absolute Gasteiger partial charge is 0.438 e. The lowest BCUT2D eigenvalue weighted by molar-refractivity contribution is -0.138. The van der Waals surface area contributed by atoms with E-state index in [0.29, 0.717) is 31.4 Å². The maximum Gasteiger partial charge on any atom is 0.221 e. The van der Waals surface area contributed by atoms with Crippen LogP contribution in [0.4, 0.5) is 5.69 Å². The molecule has 1 aromatic heterocycles. The van der Waals surface area contributed by atoms with Gasteiger partial charge in [0.1, 0.15) is 18.2 Å². The zero-order valence-electron chi connectivity index (χ0n) is 8.68. The molecule has 1 fully saturated rings. The lowest BCUT2D eigenvalue weighted by atomic mass is 10.3. The Bertz CT molecular complexity index is 505. The highest BCUT2D eigenvalue weighted by atomic mass is 16.6. The minimum atomic E-state index is 0.181. The number of nitrogens with zero attached hydrogens (tertiary/aromatic N) is 1. The quantitative estimate of drug-likeness (QED) is 0.790. The standard InChI is InChI=1S/C11H12N2O3/c12-7-1-2-10-9(3-7)13-11(16-10)6-15-8-4-14-5-8/h1-3,8H,4-6,12H2. The summed E-state index contributed by atoms with van der Waals surface area (Å²) in [6.45, 7) is 1.70. The molecule has 2 aromatic rings. The number of hydrogen-bond acceptors (Lipinski definition) is 5. The van der Waals surface area contributed by atoms with Gasteiger partial charge < -0.3 is 19.6 Å². The van der Waals surface area contributed by atoms with Gasteiger partial charge in [-0.15, -0.1) is 0 Å². The Kier molecular flexibility index (Phi) is 2.27. The van der Waals surface area contributed by atoms with Crippen molar-refractivity contribution in [2.45, 2.75) is 12.7 Å². The predicted molar refractivity (Wildman–Crippen MR) is 57.8 cm³/mol. The monoisotopic (exact) mass is 220 g/mol. The highest BCUT2D eigenvalue weighted by Crippen LogP contribution is 2.19. The summed E-state index contributed by atoms with van der Waals surface area (Å²) in [7, 11) is 0. The molecule has 0 aliphatic carbocycles. The Hall–Kier alpha value is -1.59. The van der Waals surface area contributed by atoms with E-state index in [9.17, 15) is 0 Å². The summed E-state index contributed by atoms with van der Waals surface area (Å²) >= 11 is 0. The first-order chi connectivity index (χ1) is 7.81. The van der Waals surface area contributed by atoms with Crippen molar-refractivity contribution in [3.63, 3.8) is 0 Å². The van der Waals surface area contributed by atoms with Crippen molar-refractivity contribution >= 4 is 16.8 Å². The van der Waals surface area contributed by atoms with E-state index < -0.39 is 0 Å². The van der Waals surface area contributed by atoms with Crippen LogP contribution in [0.5, 0.6) is 0 Å². The summed E-state index contributed by atoms with van der Waals surface area (Å²) in [4.78, 5) is 4.29. The van der Waals surface area contributed by atoms with E-state index >= 15 is 0 Å². The van der Waals surface area contributed by atoms with Crippen LogP contribution >= 0.6 is 0 Å². The predicted octanol–water partition coefficient (Wildman–Crippen LogP) is 1.33. The first-order valence-electron chi connectivity index (χ1n) is 5.15. The fourth-order valence-electron chi connectivity index (χ4n) is 1.55. The van der Waals surface area contributed by atoms with E-state index in [-0.39, 0.29) is 6.10 Å². The number of anilines is 1. The Labute approximate surface area is 92.1 Å². The molecular formula is C11H12N2O3. The molecule has 16 heavy (non-hydrogen) atoms. The zero-order chi connectivity index (χ0) is 11.0. The molecule has 5 nitrogen and oxygen atoms in total. The van der Waals surface area contributed by atoms with Crippen LogP contribution in [0.25, 0.3) is 11.1 Å². The second-order valence-corrected chi connectivity index (χ2v) is 3.81. The van der Waals surface area contributed by atoms with E-state index in [0.717, 1.165) is 11.1 Å². The molecule has 0 unspecified atom stereocenters. The summed E-state index contributed by atoms with van der Waals surface area (Å²) in [5, 5.41) is 0. The number of benzene rings is 1. The van der Waals surface area contributed by atoms with Crippen LogP contribution in [0.1, 0.15) is 5.89 Å². The van der Waals surface area contributed by atoms with Crippen molar-refractivity contribution in [1.82, 2.24) is 4.98 Å². The van der Waals surface area contributed by atoms with Gasteiger partial charge in [0.05, 0.1) is 13.2 Å². The number of nitrogen functional groups attached to an aromatic ring is 1. The summed E-state index contributed by atoms with van der Waals surface area (Å²) in [5.74, 6) is 0.576. The third-order valence-electron chi connectivity index (χ3n) is 2.51. The van der Waals surface area contributed by atoms with Gasteiger partial charge in [0, 0.05) is 5.69 Å². The van der Waals surface area contributed by atoms with Crippen molar-refractivity contribution in [2.75, 3.05) is 18.9 Å². The second kappa shape index (κ2) is 3.77. The van der Waals surface area contributed by atoms with Crippen molar-refractivity contribution in [3.05, 3.63) is 24.1 Å². The molecule has 0 atom stereocenters. The number of rotatable bonds is 3. The van der Waals surface area contributed by atoms with Gasteiger partial charge in [0.25, 0.3) is 0 Å². The molecule has 0 bridgehead atoms. The van der Waals surface area contributed by atoms with Gasteiger partial charge in [-0.1, -0.05) is 0 Å². The SMILES string of the molecule is Nc1ccc2oc(COC3COC3)nc2c1. The Balaban J connectivity index is 1.76. The third-order valence-corrected chi connectivity index (χ3v) is 2.51. The maximum absolute atomic E-state index is 5.66. The average Bonchev–Trinajstić information content (AvgIpc) is 2.57. The van der Waals surface area contributed by atoms with Gasteiger partial charge in [0.15, 0.2) is 5.58 Å². The van der Waals surface area contributed by atoms with E-state index in [1.165, 1.54) is 0 Å². The first-order valence-corrected chi connectivity index (χ1v) is 5.15. The molecule has 0 spiro atoms. The zero-order valence-corrected chi connectivity index (χ0v) is 8.68. The third kappa shape index (κ3) is 1.75. The van der Waals surface area contributed by atoms with Crippen LogP contribution in [0, 0.1) is 0 Å². The molecule has 1 aliphatic heterocycles. The highest BCUT2D eigenvalue weighted by Gasteiger charge is 2.19. The summed E-state index contributed by atoms with van der Waals surface area (Å²) in [5.41, 5.74) is 7.84. The molecule has 2 heterocycles. The van der Waals surface area contributed by atoms with E-state index in [4.69, 9.17) is 19.6 Å². The molecule has 5 heteroatoms. The second-order valence-electron chi connectivity index (χ2n) is 3.81. The lowest BCUT2D eigenvalue weighted by Gasteiger charge is -2.25. The molecule has 0 saturated carbocycles. The van der Waals surface area contributed by atoms with Crippen molar-refractivity contribution in [2.24, 2.45) is 0 Å². The normalized spacial score (nSPS) is 16.5. The summed E-state index contributed by atoms with van der Waals surface area (Å²) < 4.78 is 16.0. The van der Waals surface area contributed by atoms with Crippen LogP contribution in [-0.2, 0) is 16.1 Å². The fourth-order valence-corrected chi connectivity index (χ4v) is 1.55. The van der Waals surface area contributed by atoms with Gasteiger partial charge in [-0.05, 0) is 18.2 Å². The molecule has 1 saturated heterocycles. The van der Waals surface area contributed by atoms with Gasteiger partial charge in [-0.2, -0.15) is 0 Å². The maximum atomic E-state index is 5.66. The van der Waals surface area contributed by atoms with Gasteiger partial charge in [-0.25, -0.2) is 4.98 Å². The van der Waals surface area contributed by atoms with Crippen LogP contribution in [-0.4, -0.2) is 24.3 Å². The van der Waals surface area contributed by atoms with Crippen molar-refractivity contribution in [3.8, 4) is 0 Å². The Morgan fingerprint density at radius 2 is 2.31 bits per heavy atom. The van der Waals surface area contributed by atoms with Gasteiger partial charge in [0.2, 0.25) is 5.89 Å². The fraction of sp³-hybridized carbons (Fsp3) is 0.364. The number of hydrogen-bond donors (Lipinski definition) is 1. The van der Waals surface area contributed by atoms with Crippen LogP contribution in [0.2, 0.25) is 0 Å². The van der Waals surface area contributed by atoms with Crippen molar-refractivity contribution < 1.29 is 13.9 Å². The molecular weight excluding hydrogens is 208 g/mol. The highest BCUT2D eigenvalue weighted by molar-refractivity contribution is 5.76. The van der Waals surface area contributed by atoms with Gasteiger partial charge >= 0.3 is 0 Å². The minimum absolute atomic E-state index is 0.181. The van der Waals surface area contributed by atoms with Crippen LogP contribution < -0.4 is 5.73 Å². The molecule has 84 valence electrons. The van der Waals surface area contributed by atoms with E-state index in [2.05, 4.69) is 4.98 Å². The van der Waals surface area contributed by atoms with Crippen LogP contribution in [0.3, 0.4) is 0 Å². The first kappa shape index (κ1) is 9.62. The summed E-state index contributed by atoms with van der Waals surface area (Å²) in [6.07, 6.45) is 0.181. The number of oxazole rings is 1. The van der Waals surface area contributed by atoms with Crippen LogP contribution in [0.15, 0.2) is 22.6 Å². The Morgan fingerprint density at radius 3 is 3.06 bits per heavy atom. The lowest BCUT2D eigenvalue weighted by Crippen LogP contribution is -2.35. The smallest absolute Gasteiger partial charge is 0.221 e. The minimum Gasteiger partial charge on any atom is -0.438 e. The number of aromatic nitrogens is 1. The molecule has 0 radical (unpaired) electrons. The van der Waals surface area contributed by atoms with E-state index in [1.807, 2.05) is 6.07 Å². The molecule has 2 N–H and O–H groups in total. The molecule has 3 rings (SSSR count). The molecule has 1 aliphatic rings. The average molecular weight is 220 g/mol. The van der Waals surface area contributed by atoms with Crippen molar-refractivity contribution in [1.29, 1.82) is 0 Å². The molecule has 1 aromatic carbocycles. The number of fused-ring (bicyclic) bond motifs is 1. The molecule has 0 amide bonds. The van der Waals surface area contributed by atoms with E-state index in [1.54, 1.807) is 12.1 Å².